The number of ether oxygens (including phenoxy) is 1. The van der Waals surface area contributed by atoms with Crippen LogP contribution in [0.2, 0.25) is 5.15 Å². The van der Waals surface area contributed by atoms with Gasteiger partial charge in [0.15, 0.2) is 17.0 Å². The summed E-state index contributed by atoms with van der Waals surface area (Å²) in [6, 6.07) is 2.77. The lowest BCUT2D eigenvalue weighted by Crippen LogP contribution is -2.37. The Hall–Kier alpha value is -1.73. The lowest BCUT2D eigenvalue weighted by atomic mass is 10.3. The highest BCUT2D eigenvalue weighted by Gasteiger charge is 2.17. The van der Waals surface area contributed by atoms with Gasteiger partial charge in [-0.05, 0) is 12.1 Å². The Morgan fingerprint density at radius 1 is 1.53 bits per heavy atom. The zero-order chi connectivity index (χ0) is 12.8. The number of aliphatic hydroxyl groups is 1. The van der Waals surface area contributed by atoms with E-state index >= 15 is 0 Å². The van der Waals surface area contributed by atoms with Crippen LogP contribution >= 0.6 is 11.6 Å². The van der Waals surface area contributed by atoms with Gasteiger partial charge in [0.2, 0.25) is 0 Å². The van der Waals surface area contributed by atoms with E-state index in [2.05, 4.69) is 20.3 Å². The Kier molecular flexibility index (Phi) is 4.80. The molecule has 0 saturated carbocycles. The smallest absolute Gasteiger partial charge is 0.336 e. The number of esters is 1. The van der Waals surface area contributed by atoms with E-state index < -0.39 is 18.0 Å². The first-order valence-corrected chi connectivity index (χ1v) is 4.95. The van der Waals surface area contributed by atoms with Crippen LogP contribution in [-0.4, -0.2) is 46.9 Å². The number of methoxy groups -OCH3 is 1. The number of aliphatic hydroxyl groups excluding tert-OH is 1. The van der Waals surface area contributed by atoms with Gasteiger partial charge in [-0.1, -0.05) is 11.6 Å². The molecule has 0 saturated heterocycles. The fraction of sp³-hybridized carbons (Fsp3) is 0.333. The van der Waals surface area contributed by atoms with Crippen molar-refractivity contribution in [2.24, 2.45) is 0 Å². The summed E-state index contributed by atoms with van der Waals surface area (Å²) in [4.78, 5) is 22.3. The molecule has 0 aliphatic carbocycles. The summed E-state index contributed by atoms with van der Waals surface area (Å²) in [5.74, 6) is -1.40. The van der Waals surface area contributed by atoms with Gasteiger partial charge in [-0.3, -0.25) is 4.79 Å². The molecule has 2 N–H and O–H groups in total. The topological polar surface area (TPSA) is 101 Å². The molecule has 0 spiro atoms. The fourth-order valence-corrected chi connectivity index (χ4v) is 1.04. The molecule has 1 atom stereocenters. The first kappa shape index (κ1) is 13.3. The SMILES string of the molecule is COC(=O)C(O)CNC(=O)c1ccc(Cl)nn1. The molecule has 0 radical (unpaired) electrons. The van der Waals surface area contributed by atoms with E-state index in [9.17, 15) is 14.7 Å². The van der Waals surface area contributed by atoms with Crippen molar-refractivity contribution < 1.29 is 19.4 Å². The molecule has 1 heterocycles. The normalized spacial score (nSPS) is 11.7. The second-order valence-corrected chi connectivity index (χ2v) is 3.38. The minimum atomic E-state index is -1.41. The van der Waals surface area contributed by atoms with Crippen molar-refractivity contribution in [2.75, 3.05) is 13.7 Å². The van der Waals surface area contributed by atoms with Gasteiger partial charge in [0.1, 0.15) is 0 Å². The number of hydrogen-bond donors (Lipinski definition) is 2. The Labute approximate surface area is 102 Å². The van der Waals surface area contributed by atoms with Crippen molar-refractivity contribution in [3.8, 4) is 0 Å². The number of rotatable bonds is 4. The van der Waals surface area contributed by atoms with E-state index in [1.54, 1.807) is 0 Å². The summed E-state index contributed by atoms with van der Waals surface area (Å²) in [5.41, 5.74) is 0.0338. The number of halogens is 1. The molecule has 7 nitrogen and oxygen atoms in total. The molecular weight excluding hydrogens is 250 g/mol. The standard InChI is InChI=1S/C9H10ClN3O4/c1-17-9(16)6(14)4-11-8(15)5-2-3-7(10)13-12-5/h2-3,6,14H,4H2,1H3,(H,11,15). The highest BCUT2D eigenvalue weighted by Crippen LogP contribution is 2.01. The molecule has 92 valence electrons. The minimum Gasteiger partial charge on any atom is -0.467 e. The van der Waals surface area contributed by atoms with Crippen molar-refractivity contribution >= 4 is 23.5 Å². The first-order valence-electron chi connectivity index (χ1n) is 4.58. The largest absolute Gasteiger partial charge is 0.467 e. The molecule has 1 unspecified atom stereocenters. The van der Waals surface area contributed by atoms with Crippen molar-refractivity contribution in [1.29, 1.82) is 0 Å². The van der Waals surface area contributed by atoms with Crippen molar-refractivity contribution in [3.63, 3.8) is 0 Å². The predicted molar refractivity (Wildman–Crippen MR) is 57.4 cm³/mol. The summed E-state index contributed by atoms with van der Waals surface area (Å²) in [7, 11) is 1.14. The molecule has 1 amide bonds. The molecule has 0 aromatic carbocycles. The Bertz CT molecular complexity index is 409. The van der Waals surface area contributed by atoms with E-state index in [1.165, 1.54) is 12.1 Å². The highest BCUT2D eigenvalue weighted by atomic mass is 35.5. The van der Waals surface area contributed by atoms with Crippen LogP contribution in [0.15, 0.2) is 12.1 Å². The number of hydrogen-bond acceptors (Lipinski definition) is 6. The quantitative estimate of drug-likeness (QED) is 0.700. The average Bonchev–Trinajstić information content (AvgIpc) is 2.35. The maximum atomic E-state index is 11.5. The molecule has 1 rings (SSSR count). The number of carbonyl (C=O) groups is 2. The average molecular weight is 260 g/mol. The second kappa shape index (κ2) is 6.12. The van der Waals surface area contributed by atoms with E-state index in [0.717, 1.165) is 7.11 Å². The van der Waals surface area contributed by atoms with E-state index in [0.29, 0.717) is 0 Å². The van der Waals surface area contributed by atoms with Gasteiger partial charge in [-0.2, -0.15) is 0 Å². The zero-order valence-corrected chi connectivity index (χ0v) is 9.64. The van der Waals surface area contributed by atoms with Crippen LogP contribution in [0, 0.1) is 0 Å². The molecule has 0 aliphatic heterocycles. The van der Waals surface area contributed by atoms with Crippen LogP contribution < -0.4 is 5.32 Å². The van der Waals surface area contributed by atoms with Crippen LogP contribution in [-0.2, 0) is 9.53 Å². The van der Waals surface area contributed by atoms with Crippen LogP contribution in [0.5, 0.6) is 0 Å². The van der Waals surface area contributed by atoms with E-state index in [-0.39, 0.29) is 17.4 Å². The number of carbonyl (C=O) groups excluding carboxylic acids is 2. The number of amides is 1. The van der Waals surface area contributed by atoms with Gasteiger partial charge < -0.3 is 15.2 Å². The monoisotopic (exact) mass is 259 g/mol. The lowest BCUT2D eigenvalue weighted by Gasteiger charge is -2.08. The third-order valence-corrected chi connectivity index (χ3v) is 2.00. The molecule has 0 fully saturated rings. The van der Waals surface area contributed by atoms with Gasteiger partial charge in [0.25, 0.3) is 5.91 Å². The maximum Gasteiger partial charge on any atom is 0.336 e. The van der Waals surface area contributed by atoms with Gasteiger partial charge in [-0.15, -0.1) is 10.2 Å². The highest BCUT2D eigenvalue weighted by molar-refractivity contribution is 6.29. The maximum absolute atomic E-state index is 11.5. The molecule has 17 heavy (non-hydrogen) atoms. The summed E-state index contributed by atoms with van der Waals surface area (Å²) >= 11 is 5.50. The third-order valence-electron chi connectivity index (χ3n) is 1.79. The van der Waals surface area contributed by atoms with Crippen LogP contribution in [0.3, 0.4) is 0 Å². The molecule has 1 aromatic heterocycles. The number of aromatic nitrogens is 2. The van der Waals surface area contributed by atoms with Crippen LogP contribution in [0.1, 0.15) is 10.5 Å². The molecular formula is C9H10ClN3O4. The molecule has 8 heteroatoms. The number of nitrogens with zero attached hydrogens (tertiary/aromatic N) is 2. The van der Waals surface area contributed by atoms with Crippen molar-refractivity contribution in [3.05, 3.63) is 23.0 Å². The summed E-state index contributed by atoms with van der Waals surface area (Å²) in [6.07, 6.45) is -1.41. The van der Waals surface area contributed by atoms with Crippen LogP contribution in [0.4, 0.5) is 0 Å². The predicted octanol–water partition coefficient (Wildman–Crippen LogP) is -0.606. The second-order valence-electron chi connectivity index (χ2n) is 2.99. The zero-order valence-electron chi connectivity index (χ0n) is 8.88. The fourth-order valence-electron chi connectivity index (χ4n) is 0.936. The Morgan fingerprint density at radius 2 is 2.24 bits per heavy atom. The molecule has 0 bridgehead atoms. The van der Waals surface area contributed by atoms with E-state index in [4.69, 9.17) is 11.6 Å². The Balaban J connectivity index is 2.50. The van der Waals surface area contributed by atoms with Gasteiger partial charge in [0.05, 0.1) is 13.7 Å². The van der Waals surface area contributed by atoms with Crippen LogP contribution in [0.25, 0.3) is 0 Å². The van der Waals surface area contributed by atoms with Crippen molar-refractivity contribution in [2.45, 2.75) is 6.10 Å². The van der Waals surface area contributed by atoms with E-state index in [1.807, 2.05) is 0 Å². The van der Waals surface area contributed by atoms with Crippen molar-refractivity contribution in [1.82, 2.24) is 15.5 Å². The van der Waals surface area contributed by atoms with Gasteiger partial charge >= 0.3 is 5.97 Å². The molecule has 1 aromatic rings. The van der Waals surface area contributed by atoms with Gasteiger partial charge in [-0.25, -0.2) is 4.79 Å². The summed E-state index contributed by atoms with van der Waals surface area (Å²) in [5, 5.41) is 18.7. The lowest BCUT2D eigenvalue weighted by molar-refractivity contribution is -0.149. The van der Waals surface area contributed by atoms with Gasteiger partial charge in [0, 0.05) is 0 Å². The minimum absolute atomic E-state index is 0.0338. The Morgan fingerprint density at radius 3 is 2.76 bits per heavy atom. The summed E-state index contributed by atoms with van der Waals surface area (Å²) < 4.78 is 4.28. The summed E-state index contributed by atoms with van der Waals surface area (Å²) in [6.45, 7) is -0.268. The number of nitrogens with one attached hydrogen (secondary N) is 1. The third kappa shape index (κ3) is 3.97. The molecule has 0 aliphatic rings. The first-order chi connectivity index (χ1) is 8.04.